The van der Waals surface area contributed by atoms with Gasteiger partial charge in [0.15, 0.2) is 0 Å². The molecule has 0 nitrogen and oxygen atoms in total. The predicted octanol–water partition coefficient (Wildman–Crippen LogP) is 10.4. The minimum absolute atomic E-state index is 1.19. The van der Waals surface area contributed by atoms with Crippen molar-refractivity contribution in [2.45, 2.75) is 6.92 Å². The van der Waals surface area contributed by atoms with Crippen LogP contribution in [0.5, 0.6) is 0 Å². The molecule has 2 heteroatoms. The largest absolute Gasteiger partial charge is 0.0826 e. The van der Waals surface area contributed by atoms with Gasteiger partial charge in [-0.2, -0.15) is 0 Å². The van der Waals surface area contributed by atoms with Crippen LogP contribution in [0.25, 0.3) is 55.6 Å². The highest BCUT2D eigenvalue weighted by atomic mass is 32.4. The van der Waals surface area contributed by atoms with Crippen molar-refractivity contribution in [2.24, 2.45) is 0 Å². The lowest BCUT2D eigenvalue weighted by molar-refractivity contribution is 1.49. The van der Waals surface area contributed by atoms with Gasteiger partial charge in [0.1, 0.15) is 0 Å². The lowest BCUT2D eigenvalue weighted by Gasteiger charge is -2.25. The van der Waals surface area contributed by atoms with Gasteiger partial charge in [0.05, 0.1) is 0 Å². The zero-order valence-electron chi connectivity index (χ0n) is 25.0. The van der Waals surface area contributed by atoms with E-state index in [4.69, 9.17) is 11.8 Å². The molecule has 0 unspecified atom stereocenters. The Morgan fingerprint density at radius 1 is 0.267 bits per heavy atom. The van der Waals surface area contributed by atoms with E-state index in [0.717, 1.165) is 0 Å². The third-order valence-corrected chi connectivity index (χ3v) is 14.0. The van der Waals surface area contributed by atoms with Gasteiger partial charge >= 0.3 is 0 Å². The molecule has 0 saturated carbocycles. The second kappa shape index (κ2) is 11.3. The lowest BCUT2D eigenvalue weighted by Crippen LogP contribution is -2.24. The first kappa shape index (κ1) is 27.7. The quantitative estimate of drug-likeness (QED) is 0.167. The minimum Gasteiger partial charge on any atom is -0.0826 e. The molecule has 0 atom stereocenters. The monoisotopic (exact) mass is 610 g/mol. The maximum absolute atomic E-state index is 6.72. The van der Waals surface area contributed by atoms with E-state index in [-0.39, 0.29) is 0 Å². The van der Waals surface area contributed by atoms with E-state index in [9.17, 15) is 0 Å². The molecule has 10 aliphatic rings. The highest BCUT2D eigenvalue weighted by Crippen LogP contribution is 2.44. The van der Waals surface area contributed by atoms with Gasteiger partial charge in [-0.15, -0.1) is 0 Å². The maximum atomic E-state index is 6.72. The van der Waals surface area contributed by atoms with Crippen molar-refractivity contribution >= 4 is 33.8 Å². The predicted molar refractivity (Wildman–Crippen MR) is 198 cm³/mol. The number of hydrogen-bond donors (Lipinski definition) is 0. The Labute approximate surface area is 270 Å². The van der Waals surface area contributed by atoms with Crippen LogP contribution in [0.15, 0.2) is 170 Å². The molecule has 12 bridgehead atoms. The van der Waals surface area contributed by atoms with Crippen LogP contribution in [0.3, 0.4) is 0 Å². The van der Waals surface area contributed by atoms with E-state index in [1.54, 1.807) is 0 Å². The van der Waals surface area contributed by atoms with Gasteiger partial charge in [-0.05, 0) is 78.5 Å². The summed E-state index contributed by atoms with van der Waals surface area (Å²) in [5.74, 6) is 0. The highest BCUT2D eigenvalue weighted by Gasteiger charge is 2.25. The van der Waals surface area contributed by atoms with Crippen molar-refractivity contribution in [2.75, 3.05) is 0 Å². The topological polar surface area (TPSA) is 0 Å². The number of rotatable bonds is 1. The van der Waals surface area contributed by atoms with Crippen LogP contribution in [0, 0.1) is 6.92 Å². The fourth-order valence-corrected chi connectivity index (χ4v) is 10.0. The summed E-state index contributed by atoms with van der Waals surface area (Å²) < 4.78 is 0. The van der Waals surface area contributed by atoms with Crippen molar-refractivity contribution in [1.82, 2.24) is 0 Å². The van der Waals surface area contributed by atoms with Crippen LogP contribution in [-0.2, 0) is 11.8 Å². The highest BCUT2D eigenvalue weighted by molar-refractivity contribution is 8.25. The molecule has 0 amide bonds. The second-order valence-electron chi connectivity index (χ2n) is 11.8. The molecule has 7 aromatic carbocycles. The Bertz CT molecular complexity index is 2020. The first-order valence-electron chi connectivity index (χ1n) is 15.4. The first-order valence-corrected chi connectivity index (χ1v) is 18.2. The molecule has 0 aromatic heterocycles. The Hall–Kier alpha value is -4.81. The van der Waals surface area contributed by atoms with Gasteiger partial charge in [-0.3, -0.25) is 0 Å². The third-order valence-electron chi connectivity index (χ3n) is 9.07. The Morgan fingerprint density at radius 3 is 0.622 bits per heavy atom. The summed E-state index contributed by atoms with van der Waals surface area (Å²) in [7, 11) is 0. The molecule has 0 fully saturated rings. The molecule has 10 heterocycles. The van der Waals surface area contributed by atoms with E-state index >= 15 is 0 Å². The smallest absolute Gasteiger partial charge is 0.0379 e. The molecular formula is C43H31PS. The summed E-state index contributed by atoms with van der Waals surface area (Å²) in [4.78, 5) is 0. The van der Waals surface area contributed by atoms with Crippen molar-refractivity contribution in [3.63, 3.8) is 0 Å². The molecule has 214 valence electrons. The molecule has 0 aliphatic carbocycles. The SMILES string of the molecule is Cc1ccc(P2(=S)c3ccc(cc3)-c3ccc(cc3)-c3ccc(cc3)-c3ccc(cc3)-c3ccc(cc3)-c3ccc2cc3)cc1. The van der Waals surface area contributed by atoms with E-state index in [0.29, 0.717) is 0 Å². The summed E-state index contributed by atoms with van der Waals surface area (Å²) in [6, 6.07) is 60.0. The maximum Gasteiger partial charge on any atom is 0.0379 e. The van der Waals surface area contributed by atoms with Crippen LogP contribution in [-0.4, -0.2) is 0 Å². The molecule has 0 N–H and O–H groups in total. The summed E-state index contributed by atoms with van der Waals surface area (Å²) >= 11 is 6.72. The second-order valence-corrected chi connectivity index (χ2v) is 16.3. The fourth-order valence-electron chi connectivity index (χ4n) is 6.35. The van der Waals surface area contributed by atoms with Crippen molar-refractivity contribution in [3.05, 3.63) is 175 Å². The van der Waals surface area contributed by atoms with Crippen LogP contribution >= 0.6 is 6.04 Å². The van der Waals surface area contributed by atoms with E-state index < -0.39 is 6.04 Å². The third kappa shape index (κ3) is 5.09. The van der Waals surface area contributed by atoms with Gasteiger partial charge in [-0.1, -0.05) is 187 Å². The van der Waals surface area contributed by atoms with Gasteiger partial charge in [0, 0.05) is 6.04 Å². The fraction of sp³-hybridized carbons (Fsp3) is 0.0233. The van der Waals surface area contributed by atoms with Crippen molar-refractivity contribution < 1.29 is 0 Å². The van der Waals surface area contributed by atoms with E-state index in [2.05, 4.69) is 177 Å². The Morgan fingerprint density at radius 2 is 0.422 bits per heavy atom. The van der Waals surface area contributed by atoms with Gasteiger partial charge in [0.2, 0.25) is 0 Å². The number of aryl methyl sites for hydroxylation is 1. The summed E-state index contributed by atoms with van der Waals surface area (Å²) in [6.07, 6.45) is 0. The van der Waals surface area contributed by atoms with Crippen molar-refractivity contribution in [1.29, 1.82) is 0 Å². The van der Waals surface area contributed by atoms with Crippen LogP contribution in [0.4, 0.5) is 0 Å². The Balaban J connectivity index is 1.28. The molecule has 0 saturated heterocycles. The van der Waals surface area contributed by atoms with Gasteiger partial charge in [-0.25, -0.2) is 0 Å². The molecular weight excluding hydrogens is 580 g/mol. The lowest BCUT2D eigenvalue weighted by atomic mass is 9.96. The average molecular weight is 611 g/mol. The van der Waals surface area contributed by atoms with Gasteiger partial charge < -0.3 is 0 Å². The molecule has 10 aliphatic heterocycles. The molecule has 17 rings (SSSR count). The van der Waals surface area contributed by atoms with E-state index in [1.165, 1.54) is 77.1 Å². The molecule has 0 spiro atoms. The molecule has 45 heavy (non-hydrogen) atoms. The normalized spacial score (nSPS) is 12.8. The minimum atomic E-state index is -2.28. The Kier molecular flexibility index (Phi) is 6.95. The zero-order valence-corrected chi connectivity index (χ0v) is 26.7. The van der Waals surface area contributed by atoms with Crippen molar-refractivity contribution in [3.8, 4) is 55.6 Å². The number of hydrogen-bond acceptors (Lipinski definition) is 1. The average Bonchev–Trinajstić information content (AvgIpc) is 3.12. The molecule has 0 radical (unpaired) electrons. The van der Waals surface area contributed by atoms with Gasteiger partial charge in [0.25, 0.3) is 0 Å². The number of benzene rings is 7. The summed E-state index contributed by atoms with van der Waals surface area (Å²) in [5, 5.41) is 3.62. The standard InChI is InChI=1S/C43H31PS/c1-30-2-24-41(25-3-30)44(45)42-26-20-39(21-27-42)37-16-12-35(13-17-37)33-8-4-31(5-9-33)32-6-10-34(11-7-32)36-14-18-38(19-15-36)40-22-28-43(44)29-23-40/h2-29H,1H3. The molecule has 7 aromatic rings. The summed E-state index contributed by atoms with van der Waals surface area (Å²) in [6.45, 7) is 2.13. The summed E-state index contributed by atoms with van der Waals surface area (Å²) in [5.41, 5.74) is 13.3. The first-order chi connectivity index (χ1) is 22.0. The van der Waals surface area contributed by atoms with Crippen LogP contribution < -0.4 is 15.9 Å². The van der Waals surface area contributed by atoms with E-state index in [1.807, 2.05) is 0 Å². The van der Waals surface area contributed by atoms with Crippen LogP contribution in [0.1, 0.15) is 5.56 Å². The zero-order chi connectivity index (χ0) is 30.4. The van der Waals surface area contributed by atoms with Crippen LogP contribution in [0.2, 0.25) is 0 Å².